The molecule has 0 aliphatic carbocycles. The highest BCUT2D eigenvalue weighted by molar-refractivity contribution is 7.21. The largest absolute Gasteiger partial charge is 0.857 e. The van der Waals surface area contributed by atoms with Crippen LogP contribution in [0.15, 0.2) is 82.4 Å². The SMILES string of the molecule is Nc1c(/C([O-])=N/c2c[n+](N3CCCCC3)no2)sc2nc(-c3ccccc3)cc(-c3ccccc3)c12. The standard InChI is InChI=1S/C27H24N6O2S/c28-24-23-20(18-10-4-1-5-11-18)16-21(19-12-6-2-7-13-19)29-27(23)36-25(24)26(34)30-22-17-33(31-35-22)32-14-8-3-9-15-32/h1-2,4-7,10-13,16-17H,3,8-9,14-15H2,(H2-,28,30,31,34). The molecule has 0 saturated carbocycles. The van der Waals surface area contributed by atoms with Gasteiger partial charge in [0.05, 0.1) is 34.1 Å². The summed E-state index contributed by atoms with van der Waals surface area (Å²) in [6.45, 7) is 1.79. The Bertz CT molecular complexity index is 1540. The number of thiophene rings is 1. The van der Waals surface area contributed by atoms with Crippen molar-refractivity contribution in [2.24, 2.45) is 4.99 Å². The van der Waals surface area contributed by atoms with E-state index in [0.29, 0.717) is 15.4 Å². The van der Waals surface area contributed by atoms with Crippen LogP contribution in [-0.4, -0.2) is 29.2 Å². The summed E-state index contributed by atoms with van der Waals surface area (Å²) in [6.07, 6.45) is 5.05. The summed E-state index contributed by atoms with van der Waals surface area (Å²) >= 11 is 1.25. The number of piperidine rings is 1. The zero-order chi connectivity index (χ0) is 24.5. The predicted molar refractivity (Wildman–Crippen MR) is 140 cm³/mol. The van der Waals surface area contributed by atoms with Gasteiger partial charge in [0.1, 0.15) is 4.83 Å². The van der Waals surface area contributed by atoms with E-state index in [-0.39, 0.29) is 5.88 Å². The van der Waals surface area contributed by atoms with E-state index in [1.807, 2.05) is 66.7 Å². The Morgan fingerprint density at radius 2 is 1.69 bits per heavy atom. The fourth-order valence-corrected chi connectivity index (χ4v) is 5.53. The van der Waals surface area contributed by atoms with Gasteiger partial charge in [-0.15, -0.1) is 11.3 Å². The Kier molecular flexibility index (Phi) is 5.82. The first-order valence-corrected chi connectivity index (χ1v) is 12.7. The second-order valence-electron chi connectivity index (χ2n) is 8.70. The molecule has 1 aliphatic heterocycles. The molecule has 0 amide bonds. The Labute approximate surface area is 211 Å². The van der Waals surface area contributed by atoms with Crippen molar-refractivity contribution in [1.29, 1.82) is 0 Å². The minimum Gasteiger partial charge on any atom is -0.857 e. The Hall–Kier alpha value is -4.24. The molecule has 2 aromatic carbocycles. The third kappa shape index (κ3) is 4.18. The lowest BCUT2D eigenvalue weighted by atomic mass is 9.99. The lowest BCUT2D eigenvalue weighted by Gasteiger charge is -2.17. The summed E-state index contributed by atoms with van der Waals surface area (Å²) in [5, 5.41) is 20.1. The second-order valence-corrected chi connectivity index (χ2v) is 9.70. The summed E-state index contributed by atoms with van der Waals surface area (Å²) in [4.78, 5) is 11.7. The van der Waals surface area contributed by atoms with Gasteiger partial charge in [-0.05, 0) is 36.5 Å². The number of hydrogen-bond donors (Lipinski definition) is 1. The number of anilines is 1. The summed E-state index contributed by atoms with van der Waals surface area (Å²) in [5.41, 5.74) is 10.7. The van der Waals surface area contributed by atoms with Gasteiger partial charge in [-0.25, -0.2) is 9.98 Å². The average Bonchev–Trinajstić information content (AvgIpc) is 3.54. The summed E-state index contributed by atoms with van der Waals surface area (Å²) in [6, 6.07) is 22.0. The molecule has 1 fully saturated rings. The van der Waals surface area contributed by atoms with Crippen molar-refractivity contribution >= 4 is 39.0 Å². The van der Waals surface area contributed by atoms with Gasteiger partial charge >= 0.3 is 5.88 Å². The van der Waals surface area contributed by atoms with Crippen LogP contribution in [0.2, 0.25) is 0 Å². The molecular formula is C27H24N6O2S. The fourth-order valence-electron chi connectivity index (χ4n) is 4.53. The Balaban J connectivity index is 1.44. The minimum absolute atomic E-state index is 0.142. The number of nitrogens with two attached hydrogens (primary N) is 1. The topological polar surface area (TPSA) is 107 Å². The first-order valence-electron chi connectivity index (χ1n) is 11.9. The highest BCUT2D eigenvalue weighted by Gasteiger charge is 2.23. The lowest BCUT2D eigenvalue weighted by molar-refractivity contribution is -0.759. The van der Waals surface area contributed by atoms with E-state index in [1.54, 1.807) is 11.0 Å². The molecular weight excluding hydrogens is 472 g/mol. The van der Waals surface area contributed by atoms with Crippen molar-refractivity contribution in [2.75, 3.05) is 23.8 Å². The maximum atomic E-state index is 13.2. The lowest BCUT2D eigenvalue weighted by Crippen LogP contribution is -2.60. The summed E-state index contributed by atoms with van der Waals surface area (Å²) in [5.74, 6) is -0.332. The number of nitrogen functional groups attached to an aromatic ring is 1. The second kappa shape index (κ2) is 9.43. The van der Waals surface area contributed by atoms with E-state index in [0.717, 1.165) is 53.7 Å². The maximum Gasteiger partial charge on any atom is 0.324 e. The van der Waals surface area contributed by atoms with Crippen LogP contribution < -0.4 is 20.6 Å². The van der Waals surface area contributed by atoms with Gasteiger partial charge in [-0.3, -0.25) is 4.52 Å². The zero-order valence-electron chi connectivity index (χ0n) is 19.5. The van der Waals surface area contributed by atoms with Crippen LogP contribution in [0.3, 0.4) is 0 Å². The molecule has 9 heteroatoms. The van der Waals surface area contributed by atoms with Crippen LogP contribution in [0.25, 0.3) is 32.6 Å². The Morgan fingerprint density at radius 3 is 2.42 bits per heavy atom. The molecule has 5 aromatic rings. The van der Waals surface area contributed by atoms with Gasteiger partial charge in [0, 0.05) is 16.8 Å². The Morgan fingerprint density at radius 1 is 1.00 bits per heavy atom. The van der Waals surface area contributed by atoms with Crippen LogP contribution in [0.5, 0.6) is 0 Å². The number of fused-ring (bicyclic) bond motifs is 1. The first-order chi connectivity index (χ1) is 17.7. The van der Waals surface area contributed by atoms with Crippen molar-refractivity contribution in [3.05, 3.63) is 77.8 Å². The van der Waals surface area contributed by atoms with Gasteiger partial charge in [0.15, 0.2) is 0 Å². The predicted octanol–water partition coefficient (Wildman–Crippen LogP) is 4.05. The number of pyridine rings is 1. The van der Waals surface area contributed by atoms with Crippen molar-refractivity contribution in [3.8, 4) is 22.4 Å². The monoisotopic (exact) mass is 496 g/mol. The van der Waals surface area contributed by atoms with E-state index in [2.05, 4.69) is 15.3 Å². The zero-order valence-corrected chi connectivity index (χ0v) is 20.3. The van der Waals surface area contributed by atoms with Gasteiger partial charge < -0.3 is 10.8 Å². The first kappa shape index (κ1) is 22.2. The fraction of sp³-hybridized carbons (Fsp3) is 0.185. The van der Waals surface area contributed by atoms with Crippen molar-refractivity contribution < 1.29 is 14.4 Å². The molecule has 3 aromatic heterocycles. The number of rotatable bonds is 5. The molecule has 1 saturated heterocycles. The third-order valence-electron chi connectivity index (χ3n) is 6.33. The molecule has 0 radical (unpaired) electrons. The van der Waals surface area contributed by atoms with Crippen molar-refractivity contribution in [3.63, 3.8) is 0 Å². The molecule has 8 nitrogen and oxygen atoms in total. The van der Waals surface area contributed by atoms with E-state index >= 15 is 0 Å². The van der Waals surface area contributed by atoms with E-state index in [9.17, 15) is 5.11 Å². The number of aromatic nitrogens is 3. The van der Waals surface area contributed by atoms with Crippen LogP contribution >= 0.6 is 11.3 Å². The molecule has 6 rings (SSSR count). The molecule has 0 unspecified atom stereocenters. The van der Waals surface area contributed by atoms with Crippen LogP contribution in [0.1, 0.15) is 24.1 Å². The number of aliphatic imine (C=N–C) groups is 1. The summed E-state index contributed by atoms with van der Waals surface area (Å²) in [7, 11) is 0. The number of benzene rings is 2. The average molecular weight is 497 g/mol. The molecule has 2 N–H and O–H groups in total. The van der Waals surface area contributed by atoms with Crippen LogP contribution in [0, 0.1) is 0 Å². The highest BCUT2D eigenvalue weighted by Crippen LogP contribution is 2.41. The van der Waals surface area contributed by atoms with Gasteiger partial charge in [0.25, 0.3) is 6.20 Å². The van der Waals surface area contributed by atoms with E-state index in [1.165, 1.54) is 17.8 Å². The molecule has 0 atom stereocenters. The summed E-state index contributed by atoms with van der Waals surface area (Å²) < 4.78 is 5.33. The maximum absolute atomic E-state index is 13.2. The quantitative estimate of drug-likeness (QED) is 0.223. The molecule has 36 heavy (non-hydrogen) atoms. The van der Waals surface area contributed by atoms with Crippen LogP contribution in [0.4, 0.5) is 11.6 Å². The molecule has 1 aliphatic rings. The van der Waals surface area contributed by atoms with Gasteiger partial charge in [0.2, 0.25) is 5.27 Å². The van der Waals surface area contributed by atoms with Gasteiger partial charge in [-0.2, -0.15) is 5.01 Å². The number of nitrogens with zero attached hydrogens (tertiary/aromatic N) is 5. The van der Waals surface area contributed by atoms with Crippen molar-refractivity contribution in [1.82, 2.24) is 10.3 Å². The van der Waals surface area contributed by atoms with E-state index < -0.39 is 5.90 Å². The normalized spacial score (nSPS) is 14.4. The molecule has 180 valence electrons. The highest BCUT2D eigenvalue weighted by atomic mass is 32.1. The smallest absolute Gasteiger partial charge is 0.324 e. The molecule has 0 spiro atoms. The molecule has 4 heterocycles. The molecule has 0 bridgehead atoms. The van der Waals surface area contributed by atoms with Gasteiger partial charge in [-0.1, -0.05) is 60.7 Å². The third-order valence-corrected chi connectivity index (χ3v) is 7.41. The van der Waals surface area contributed by atoms with E-state index in [4.69, 9.17) is 15.2 Å². The van der Waals surface area contributed by atoms with Crippen LogP contribution in [-0.2, 0) is 0 Å². The minimum atomic E-state index is -0.474. The van der Waals surface area contributed by atoms with Crippen molar-refractivity contribution in [2.45, 2.75) is 19.3 Å². The number of hydrogen-bond acceptors (Lipinski definition) is 8.